The summed E-state index contributed by atoms with van der Waals surface area (Å²) in [6, 6.07) is 0. The van der Waals surface area contributed by atoms with E-state index in [-0.39, 0.29) is 23.7 Å². The van der Waals surface area contributed by atoms with Crippen LogP contribution in [0.5, 0.6) is 0 Å². The van der Waals surface area contributed by atoms with Gasteiger partial charge in [0.1, 0.15) is 11.5 Å². The molecule has 0 saturated carbocycles. The van der Waals surface area contributed by atoms with E-state index in [2.05, 4.69) is 80.2 Å². The molecule has 6 bridgehead atoms. The van der Waals surface area contributed by atoms with Crippen LogP contribution in [0.1, 0.15) is 53.9 Å². The summed E-state index contributed by atoms with van der Waals surface area (Å²) in [7, 11) is 1.69. The highest BCUT2D eigenvalue weighted by atomic mass is 16.5. The van der Waals surface area contributed by atoms with Crippen LogP contribution < -0.4 is 5.32 Å². The van der Waals surface area contributed by atoms with Crippen molar-refractivity contribution in [2.24, 2.45) is 33.7 Å². The third-order valence-electron chi connectivity index (χ3n) is 8.39. The molecular weight excluding hydrogens is 528 g/mol. The van der Waals surface area contributed by atoms with Crippen LogP contribution in [-0.4, -0.2) is 69.7 Å². The molecule has 2 aliphatic carbocycles. The van der Waals surface area contributed by atoms with Gasteiger partial charge in [-0.2, -0.15) is 0 Å². The molecule has 230 valence electrons. The highest BCUT2D eigenvalue weighted by Crippen LogP contribution is 2.35. The molecular formula is C34H50N4O4. The van der Waals surface area contributed by atoms with Crippen molar-refractivity contribution in [3.8, 4) is 0 Å². The zero-order valence-corrected chi connectivity index (χ0v) is 26.4. The largest absolute Gasteiger partial charge is 0.497 e. The minimum absolute atomic E-state index is 0.0672. The van der Waals surface area contributed by atoms with E-state index in [1.165, 1.54) is 0 Å². The topological polar surface area (TPSA) is 76.9 Å². The Labute approximate surface area is 252 Å². The molecule has 4 aliphatic rings. The zero-order valence-electron chi connectivity index (χ0n) is 26.4. The predicted molar refractivity (Wildman–Crippen MR) is 170 cm³/mol. The molecule has 2 aliphatic heterocycles. The molecule has 8 nitrogen and oxygen atoms in total. The van der Waals surface area contributed by atoms with Gasteiger partial charge in [-0.25, -0.2) is 9.98 Å². The first-order valence-electron chi connectivity index (χ1n) is 15.6. The molecule has 0 amide bonds. The van der Waals surface area contributed by atoms with Crippen molar-refractivity contribution in [1.29, 1.82) is 0 Å². The lowest BCUT2D eigenvalue weighted by atomic mass is 9.80. The third-order valence-corrected chi connectivity index (χ3v) is 8.39. The summed E-state index contributed by atoms with van der Waals surface area (Å²) in [4.78, 5) is 12.2. The number of guanidine groups is 1. The second-order valence-electron chi connectivity index (χ2n) is 11.3. The first-order chi connectivity index (χ1) is 20.4. The van der Waals surface area contributed by atoms with Gasteiger partial charge >= 0.3 is 0 Å². The van der Waals surface area contributed by atoms with Crippen LogP contribution in [0.2, 0.25) is 0 Å². The molecule has 2 heterocycles. The standard InChI is InChI=1S/C34H50N4O4/c1-7-38(8-2)17-12-20-41-32-25(4)21-28-22-27(32)23-40-18-10-9-11-19-42-33-26(5)29(13-14-30(33)39-6)31-24(3)15-16-35-34(36-28)37-31/h9-10,13-16,21,24,26-27,29H,7-8,11-12,17-20,22-23H2,1-6H3,(H,35,36)/b10-9+. The molecule has 4 rings (SSSR count). The Hall–Kier alpha value is -3.10. The molecule has 42 heavy (non-hydrogen) atoms. The van der Waals surface area contributed by atoms with Gasteiger partial charge in [-0.05, 0) is 57.0 Å². The Morgan fingerprint density at radius 3 is 2.76 bits per heavy atom. The fourth-order valence-electron chi connectivity index (χ4n) is 5.97. The van der Waals surface area contributed by atoms with Crippen LogP contribution in [-0.2, 0) is 18.9 Å². The lowest BCUT2D eigenvalue weighted by Crippen LogP contribution is -2.33. The quantitative estimate of drug-likeness (QED) is 0.276. The normalized spacial score (nSPS) is 27.5. The number of rotatable bonds is 8. The number of fused-ring (bicyclic) bond motifs is 6. The summed E-state index contributed by atoms with van der Waals surface area (Å²) >= 11 is 0. The summed E-state index contributed by atoms with van der Waals surface area (Å²) in [5, 5.41) is 3.55. The van der Waals surface area contributed by atoms with E-state index in [4.69, 9.17) is 23.9 Å². The van der Waals surface area contributed by atoms with Crippen LogP contribution >= 0.6 is 0 Å². The Bertz CT molecular complexity index is 1170. The second kappa shape index (κ2) is 15.9. The Balaban J connectivity index is 1.60. The molecule has 0 spiro atoms. The number of hydrogen-bond donors (Lipinski definition) is 1. The molecule has 8 heteroatoms. The number of allylic oxidation sites excluding steroid dienone is 7. The van der Waals surface area contributed by atoms with E-state index >= 15 is 0 Å². The molecule has 1 N–H and O–H groups in total. The first kappa shape index (κ1) is 31.8. The van der Waals surface area contributed by atoms with E-state index in [0.29, 0.717) is 32.4 Å². The summed E-state index contributed by atoms with van der Waals surface area (Å²) in [5.41, 5.74) is 3.24. The van der Waals surface area contributed by atoms with Gasteiger partial charge in [0.15, 0.2) is 5.76 Å². The van der Waals surface area contributed by atoms with Crippen molar-refractivity contribution in [1.82, 2.24) is 10.2 Å². The number of nitrogens with one attached hydrogen (secondary N) is 1. The minimum atomic E-state index is 0.0672. The molecule has 0 radical (unpaired) electrons. The van der Waals surface area contributed by atoms with Crippen LogP contribution in [0.15, 0.2) is 81.2 Å². The average Bonchev–Trinajstić information content (AvgIpc) is 3.16. The number of ether oxygens (including phenoxy) is 4. The average molecular weight is 579 g/mol. The summed E-state index contributed by atoms with van der Waals surface area (Å²) in [6.07, 6.45) is 17.1. The second-order valence-corrected chi connectivity index (χ2v) is 11.3. The number of hydrogen-bond acceptors (Lipinski definition) is 8. The van der Waals surface area contributed by atoms with E-state index in [0.717, 1.165) is 73.2 Å². The van der Waals surface area contributed by atoms with Crippen molar-refractivity contribution in [2.45, 2.75) is 53.9 Å². The molecule has 4 unspecified atom stereocenters. The SMILES string of the molecule is CCN(CC)CCCOC1=C(C)C=C2CC1COC/C=C/CCOC1=C(OC)C=CC(C3=NC(=NC=CC3C)N2)C1C. The van der Waals surface area contributed by atoms with E-state index in [1.807, 2.05) is 12.3 Å². The Morgan fingerprint density at radius 1 is 1.14 bits per heavy atom. The molecule has 0 aromatic heterocycles. The zero-order chi connectivity index (χ0) is 29.9. The maximum absolute atomic E-state index is 6.42. The summed E-state index contributed by atoms with van der Waals surface area (Å²) < 4.78 is 24.5. The number of aliphatic imine (C=N–C) groups is 2. The Morgan fingerprint density at radius 2 is 1.98 bits per heavy atom. The maximum Gasteiger partial charge on any atom is 0.226 e. The van der Waals surface area contributed by atoms with Crippen LogP contribution in [0.4, 0.5) is 0 Å². The number of methoxy groups -OCH3 is 1. The predicted octanol–water partition coefficient (Wildman–Crippen LogP) is 6.14. The molecule has 4 atom stereocenters. The summed E-state index contributed by atoms with van der Waals surface area (Å²) in [5.74, 6) is 3.66. The molecule has 0 aromatic carbocycles. The van der Waals surface area contributed by atoms with Crippen LogP contribution in [0, 0.1) is 23.7 Å². The molecule has 0 saturated heterocycles. The molecule has 0 fully saturated rings. The van der Waals surface area contributed by atoms with Crippen molar-refractivity contribution in [2.75, 3.05) is 53.2 Å². The van der Waals surface area contributed by atoms with Crippen LogP contribution in [0.3, 0.4) is 0 Å². The van der Waals surface area contributed by atoms with Gasteiger partial charge in [0, 0.05) is 47.8 Å². The van der Waals surface area contributed by atoms with Gasteiger partial charge in [0.2, 0.25) is 5.96 Å². The van der Waals surface area contributed by atoms with Gasteiger partial charge in [0.05, 0.1) is 33.5 Å². The monoisotopic (exact) mass is 578 g/mol. The smallest absolute Gasteiger partial charge is 0.226 e. The Kier molecular flexibility index (Phi) is 12.1. The molecule has 0 aromatic rings. The lowest BCUT2D eigenvalue weighted by Gasteiger charge is -2.31. The fourth-order valence-corrected chi connectivity index (χ4v) is 5.97. The van der Waals surface area contributed by atoms with Gasteiger partial charge in [-0.3, -0.25) is 0 Å². The van der Waals surface area contributed by atoms with E-state index in [9.17, 15) is 0 Å². The van der Waals surface area contributed by atoms with Gasteiger partial charge in [0.25, 0.3) is 0 Å². The van der Waals surface area contributed by atoms with E-state index in [1.54, 1.807) is 7.11 Å². The fraction of sp³-hybridized carbons (Fsp3) is 0.588. The van der Waals surface area contributed by atoms with Crippen LogP contribution in [0.25, 0.3) is 0 Å². The van der Waals surface area contributed by atoms with Crippen molar-refractivity contribution in [3.05, 3.63) is 71.2 Å². The highest BCUT2D eigenvalue weighted by Gasteiger charge is 2.33. The summed E-state index contributed by atoms with van der Waals surface area (Å²) in [6.45, 7) is 16.5. The van der Waals surface area contributed by atoms with Gasteiger partial charge < -0.3 is 29.2 Å². The van der Waals surface area contributed by atoms with Crippen molar-refractivity contribution >= 4 is 11.7 Å². The lowest BCUT2D eigenvalue weighted by molar-refractivity contribution is 0.0882. The maximum atomic E-state index is 6.42. The van der Waals surface area contributed by atoms with Crippen molar-refractivity contribution < 1.29 is 18.9 Å². The number of nitrogens with zero attached hydrogens (tertiary/aromatic N) is 3. The van der Waals surface area contributed by atoms with Gasteiger partial charge in [-0.1, -0.05) is 52.0 Å². The van der Waals surface area contributed by atoms with E-state index < -0.39 is 0 Å². The minimum Gasteiger partial charge on any atom is -0.497 e. The first-order valence-corrected chi connectivity index (χ1v) is 15.6. The van der Waals surface area contributed by atoms with Gasteiger partial charge in [-0.15, -0.1) is 0 Å². The third kappa shape index (κ3) is 8.26. The highest BCUT2D eigenvalue weighted by molar-refractivity contribution is 6.02. The van der Waals surface area contributed by atoms with Crippen molar-refractivity contribution in [3.63, 3.8) is 0 Å².